The predicted molar refractivity (Wildman–Crippen MR) is 86.1 cm³/mol. The molecule has 1 amide bonds. The average Bonchev–Trinajstić information content (AvgIpc) is 2.53. The SMILES string of the molecule is COc1cccc(N(Cc2ccc(C)cc2)C(=O)CCl)c1. The predicted octanol–water partition coefficient (Wildman–Crippen LogP) is 3.78. The van der Waals surface area contributed by atoms with E-state index in [4.69, 9.17) is 16.3 Å². The molecule has 0 atom stereocenters. The number of methoxy groups -OCH3 is 1. The lowest BCUT2D eigenvalue weighted by atomic mass is 10.1. The topological polar surface area (TPSA) is 29.5 Å². The molecule has 0 radical (unpaired) electrons. The third-order valence-electron chi connectivity index (χ3n) is 3.24. The first-order valence-electron chi connectivity index (χ1n) is 6.70. The number of hydrogen-bond donors (Lipinski definition) is 0. The van der Waals surface area contributed by atoms with E-state index in [-0.39, 0.29) is 11.8 Å². The van der Waals surface area contributed by atoms with Crippen molar-refractivity contribution in [3.05, 3.63) is 59.7 Å². The summed E-state index contributed by atoms with van der Waals surface area (Å²) in [5.41, 5.74) is 3.03. The van der Waals surface area contributed by atoms with Crippen molar-refractivity contribution in [1.29, 1.82) is 0 Å². The molecule has 21 heavy (non-hydrogen) atoms. The van der Waals surface area contributed by atoms with Crippen LogP contribution in [-0.4, -0.2) is 18.9 Å². The van der Waals surface area contributed by atoms with Gasteiger partial charge in [0.05, 0.1) is 13.7 Å². The van der Waals surface area contributed by atoms with Gasteiger partial charge in [0.25, 0.3) is 0 Å². The van der Waals surface area contributed by atoms with Crippen molar-refractivity contribution in [3.63, 3.8) is 0 Å². The van der Waals surface area contributed by atoms with E-state index in [2.05, 4.69) is 0 Å². The Balaban J connectivity index is 2.29. The Bertz CT molecular complexity index is 610. The molecule has 3 nitrogen and oxygen atoms in total. The van der Waals surface area contributed by atoms with Crippen molar-refractivity contribution in [3.8, 4) is 5.75 Å². The molecule has 4 heteroatoms. The summed E-state index contributed by atoms with van der Waals surface area (Å²) in [5.74, 6) is 0.526. The smallest absolute Gasteiger partial charge is 0.242 e. The monoisotopic (exact) mass is 303 g/mol. The van der Waals surface area contributed by atoms with E-state index in [0.29, 0.717) is 12.3 Å². The van der Waals surface area contributed by atoms with Crippen LogP contribution in [0.1, 0.15) is 11.1 Å². The zero-order chi connectivity index (χ0) is 15.2. The molecule has 0 aliphatic heterocycles. The first-order valence-corrected chi connectivity index (χ1v) is 7.23. The number of carbonyl (C=O) groups is 1. The average molecular weight is 304 g/mol. The van der Waals surface area contributed by atoms with Crippen LogP contribution in [0.2, 0.25) is 0 Å². The zero-order valence-electron chi connectivity index (χ0n) is 12.2. The molecular weight excluding hydrogens is 286 g/mol. The fourth-order valence-corrected chi connectivity index (χ4v) is 2.19. The molecule has 0 saturated carbocycles. The van der Waals surface area contributed by atoms with Crippen LogP contribution in [0.4, 0.5) is 5.69 Å². The molecule has 2 rings (SSSR count). The lowest BCUT2D eigenvalue weighted by Crippen LogP contribution is -2.31. The summed E-state index contributed by atoms with van der Waals surface area (Å²) in [4.78, 5) is 13.8. The summed E-state index contributed by atoms with van der Waals surface area (Å²) in [6, 6.07) is 15.5. The Hall–Kier alpha value is -2.00. The van der Waals surface area contributed by atoms with E-state index in [0.717, 1.165) is 11.3 Å². The quantitative estimate of drug-likeness (QED) is 0.787. The maximum atomic E-state index is 12.1. The lowest BCUT2D eigenvalue weighted by molar-refractivity contribution is -0.116. The van der Waals surface area contributed by atoms with Crippen molar-refractivity contribution in [2.75, 3.05) is 17.9 Å². The maximum absolute atomic E-state index is 12.1. The summed E-state index contributed by atoms with van der Waals surface area (Å²) in [6.45, 7) is 2.52. The van der Waals surface area contributed by atoms with Crippen LogP contribution in [-0.2, 0) is 11.3 Å². The van der Waals surface area contributed by atoms with Gasteiger partial charge in [0.2, 0.25) is 5.91 Å². The highest BCUT2D eigenvalue weighted by Crippen LogP contribution is 2.23. The van der Waals surface area contributed by atoms with Gasteiger partial charge in [-0.25, -0.2) is 0 Å². The van der Waals surface area contributed by atoms with E-state index in [1.54, 1.807) is 12.0 Å². The minimum atomic E-state index is -0.134. The van der Waals surface area contributed by atoms with Crippen molar-refractivity contribution in [2.24, 2.45) is 0 Å². The van der Waals surface area contributed by atoms with Crippen LogP contribution in [0, 0.1) is 6.92 Å². The molecule has 2 aromatic carbocycles. The molecule has 0 aromatic heterocycles. The second-order valence-corrected chi connectivity index (χ2v) is 5.07. The van der Waals surface area contributed by atoms with Gasteiger partial charge in [-0.15, -0.1) is 11.6 Å². The molecule has 0 saturated heterocycles. The molecule has 0 aliphatic rings. The number of ether oxygens (including phenoxy) is 1. The fraction of sp³-hybridized carbons (Fsp3) is 0.235. The van der Waals surface area contributed by atoms with Crippen LogP contribution < -0.4 is 9.64 Å². The molecule has 0 aliphatic carbocycles. The van der Waals surface area contributed by atoms with Gasteiger partial charge in [0, 0.05) is 11.8 Å². The maximum Gasteiger partial charge on any atom is 0.242 e. The van der Waals surface area contributed by atoms with Crippen LogP contribution in [0.15, 0.2) is 48.5 Å². The summed E-state index contributed by atoms with van der Waals surface area (Å²) in [6.07, 6.45) is 0. The van der Waals surface area contributed by atoms with Crippen LogP contribution in [0.25, 0.3) is 0 Å². The number of amides is 1. The van der Waals surface area contributed by atoms with Crippen LogP contribution in [0.3, 0.4) is 0 Å². The molecular formula is C17H18ClNO2. The highest BCUT2D eigenvalue weighted by Gasteiger charge is 2.15. The molecule has 0 spiro atoms. The number of anilines is 1. The zero-order valence-corrected chi connectivity index (χ0v) is 12.9. The molecule has 2 aromatic rings. The molecule has 0 heterocycles. The van der Waals surface area contributed by atoms with Gasteiger partial charge >= 0.3 is 0 Å². The minimum Gasteiger partial charge on any atom is -0.497 e. The number of aryl methyl sites for hydroxylation is 1. The second kappa shape index (κ2) is 7.14. The molecule has 0 N–H and O–H groups in total. The Morgan fingerprint density at radius 3 is 2.52 bits per heavy atom. The summed E-state index contributed by atoms with van der Waals surface area (Å²) in [7, 11) is 1.60. The Kier molecular flexibility index (Phi) is 5.23. The fourth-order valence-electron chi connectivity index (χ4n) is 2.05. The van der Waals surface area contributed by atoms with Crippen LogP contribution >= 0.6 is 11.6 Å². The second-order valence-electron chi connectivity index (χ2n) is 4.80. The van der Waals surface area contributed by atoms with E-state index >= 15 is 0 Å². The molecule has 110 valence electrons. The molecule has 0 bridgehead atoms. The minimum absolute atomic E-state index is 0.0525. The van der Waals surface area contributed by atoms with E-state index < -0.39 is 0 Å². The van der Waals surface area contributed by atoms with Gasteiger partial charge in [0.15, 0.2) is 0 Å². The third-order valence-corrected chi connectivity index (χ3v) is 3.47. The third kappa shape index (κ3) is 3.99. The first-order chi connectivity index (χ1) is 10.1. The van der Waals surface area contributed by atoms with Crippen molar-refractivity contribution >= 4 is 23.2 Å². The normalized spacial score (nSPS) is 10.2. The Morgan fingerprint density at radius 1 is 1.19 bits per heavy atom. The Labute approximate surface area is 130 Å². The van der Waals surface area contributed by atoms with Crippen molar-refractivity contribution in [1.82, 2.24) is 0 Å². The number of halogens is 1. The largest absolute Gasteiger partial charge is 0.497 e. The van der Waals surface area contributed by atoms with Gasteiger partial charge in [-0.3, -0.25) is 4.79 Å². The number of nitrogens with zero attached hydrogens (tertiary/aromatic N) is 1. The van der Waals surface area contributed by atoms with E-state index in [1.165, 1.54) is 5.56 Å². The van der Waals surface area contributed by atoms with Gasteiger partial charge in [-0.05, 0) is 24.6 Å². The van der Waals surface area contributed by atoms with Gasteiger partial charge < -0.3 is 9.64 Å². The van der Waals surface area contributed by atoms with Gasteiger partial charge in [-0.1, -0.05) is 35.9 Å². The highest BCUT2D eigenvalue weighted by molar-refractivity contribution is 6.29. The summed E-state index contributed by atoms with van der Waals surface area (Å²) < 4.78 is 5.21. The van der Waals surface area contributed by atoms with E-state index in [9.17, 15) is 4.79 Å². The standard InChI is InChI=1S/C17H18ClNO2/c1-13-6-8-14(9-7-13)12-19(17(20)11-18)15-4-3-5-16(10-15)21-2/h3-10H,11-12H2,1-2H3. The number of carbonyl (C=O) groups excluding carboxylic acids is 1. The van der Waals surface area contributed by atoms with Crippen molar-refractivity contribution < 1.29 is 9.53 Å². The number of rotatable bonds is 5. The highest BCUT2D eigenvalue weighted by atomic mass is 35.5. The van der Waals surface area contributed by atoms with Crippen LogP contribution in [0.5, 0.6) is 5.75 Å². The lowest BCUT2D eigenvalue weighted by Gasteiger charge is -2.22. The summed E-state index contributed by atoms with van der Waals surface area (Å²) in [5, 5.41) is 0. The number of hydrogen-bond acceptors (Lipinski definition) is 2. The molecule has 0 unspecified atom stereocenters. The van der Waals surface area contributed by atoms with E-state index in [1.807, 2.05) is 55.5 Å². The van der Waals surface area contributed by atoms with Gasteiger partial charge in [0.1, 0.15) is 11.6 Å². The van der Waals surface area contributed by atoms with Gasteiger partial charge in [-0.2, -0.15) is 0 Å². The number of benzene rings is 2. The molecule has 0 fully saturated rings. The van der Waals surface area contributed by atoms with Crippen molar-refractivity contribution in [2.45, 2.75) is 13.5 Å². The number of alkyl halides is 1. The Morgan fingerprint density at radius 2 is 1.90 bits per heavy atom. The summed E-state index contributed by atoms with van der Waals surface area (Å²) >= 11 is 5.74. The first kappa shape index (κ1) is 15.4.